The van der Waals surface area contributed by atoms with Crippen molar-refractivity contribution in [3.63, 3.8) is 0 Å². The number of aromatic nitrogens is 2. The Hall–Kier alpha value is -3.28. The zero-order chi connectivity index (χ0) is 17.6. The molecule has 0 bridgehead atoms. The summed E-state index contributed by atoms with van der Waals surface area (Å²) in [5, 5.41) is 7.48. The van der Waals surface area contributed by atoms with E-state index in [4.69, 9.17) is 20.6 Å². The molecule has 3 aromatic rings. The largest absolute Gasteiger partial charge is 0.493 e. The van der Waals surface area contributed by atoms with Gasteiger partial charge in [-0.3, -0.25) is 5.41 Å². The fourth-order valence-corrected chi connectivity index (χ4v) is 2.46. The normalized spacial score (nSPS) is 10.4. The maximum Gasteiger partial charge on any atom is 0.161 e. The van der Waals surface area contributed by atoms with Crippen LogP contribution in [0.1, 0.15) is 22.5 Å². The van der Waals surface area contributed by atoms with Crippen LogP contribution >= 0.6 is 0 Å². The second kappa shape index (κ2) is 7.53. The molecule has 0 aliphatic carbocycles. The molecule has 6 nitrogen and oxygen atoms in total. The van der Waals surface area contributed by atoms with Crippen molar-refractivity contribution in [3.8, 4) is 11.5 Å². The Labute approximate surface area is 146 Å². The third kappa shape index (κ3) is 4.17. The van der Waals surface area contributed by atoms with Gasteiger partial charge in [0.1, 0.15) is 18.3 Å². The summed E-state index contributed by atoms with van der Waals surface area (Å²) in [7, 11) is 1.57. The van der Waals surface area contributed by atoms with Gasteiger partial charge in [-0.25, -0.2) is 4.98 Å². The summed E-state index contributed by atoms with van der Waals surface area (Å²) in [6.07, 6.45) is 4.35. The van der Waals surface area contributed by atoms with Gasteiger partial charge in [-0.05, 0) is 29.3 Å². The van der Waals surface area contributed by atoms with Crippen LogP contribution in [0.5, 0.6) is 11.5 Å². The van der Waals surface area contributed by atoms with Crippen LogP contribution in [0.4, 0.5) is 0 Å². The van der Waals surface area contributed by atoms with E-state index < -0.39 is 0 Å². The topological polar surface area (TPSA) is 97.0 Å². The summed E-state index contributed by atoms with van der Waals surface area (Å²) in [4.78, 5) is 7.33. The van der Waals surface area contributed by atoms with Crippen LogP contribution in [0.3, 0.4) is 0 Å². The standard InChI is InChI=1S/C19H20N4O2/c1-24-17-11-15(19(20)21)6-7-16(17)25-12-14-4-2-13(3-5-14)10-18-22-8-9-23-18/h2-9,11H,10,12H2,1H3,(H3,20,21)(H,22,23). The number of aromatic amines is 1. The quantitative estimate of drug-likeness (QED) is 0.456. The highest BCUT2D eigenvalue weighted by molar-refractivity contribution is 5.95. The number of nitrogens with one attached hydrogen (secondary N) is 2. The minimum absolute atomic E-state index is 0.00278. The first-order valence-electron chi connectivity index (χ1n) is 7.87. The summed E-state index contributed by atoms with van der Waals surface area (Å²) in [5.41, 5.74) is 8.34. The molecule has 1 aromatic heterocycles. The van der Waals surface area contributed by atoms with Crippen molar-refractivity contribution in [2.75, 3.05) is 7.11 Å². The molecule has 0 aliphatic heterocycles. The molecule has 4 N–H and O–H groups in total. The van der Waals surface area contributed by atoms with E-state index in [0.29, 0.717) is 23.7 Å². The number of H-pyrrole nitrogens is 1. The van der Waals surface area contributed by atoms with Gasteiger partial charge in [-0.1, -0.05) is 24.3 Å². The van der Waals surface area contributed by atoms with Crippen LogP contribution in [0.15, 0.2) is 54.9 Å². The number of benzene rings is 2. The lowest BCUT2D eigenvalue weighted by atomic mass is 10.1. The predicted octanol–water partition coefficient (Wildman–Crippen LogP) is 2.87. The molecule has 128 valence electrons. The van der Waals surface area contributed by atoms with Gasteiger partial charge in [0.15, 0.2) is 11.5 Å². The summed E-state index contributed by atoms with van der Waals surface area (Å²) in [5.74, 6) is 2.12. The van der Waals surface area contributed by atoms with Crippen LogP contribution in [0.2, 0.25) is 0 Å². The molecular weight excluding hydrogens is 316 g/mol. The number of hydrogen-bond acceptors (Lipinski definition) is 4. The first-order valence-corrected chi connectivity index (χ1v) is 7.87. The molecule has 25 heavy (non-hydrogen) atoms. The third-order valence-electron chi connectivity index (χ3n) is 3.82. The Bertz CT molecular complexity index is 842. The first kappa shape index (κ1) is 16.6. The van der Waals surface area contributed by atoms with Gasteiger partial charge in [0, 0.05) is 24.4 Å². The van der Waals surface area contributed by atoms with Gasteiger partial charge in [0.05, 0.1) is 7.11 Å². The summed E-state index contributed by atoms with van der Waals surface area (Å²) in [6.45, 7) is 0.427. The fraction of sp³-hybridized carbons (Fsp3) is 0.158. The molecule has 0 amide bonds. The maximum absolute atomic E-state index is 7.48. The van der Waals surface area contributed by atoms with Crippen molar-refractivity contribution in [2.45, 2.75) is 13.0 Å². The highest BCUT2D eigenvalue weighted by atomic mass is 16.5. The molecule has 2 aromatic carbocycles. The molecule has 0 fully saturated rings. The third-order valence-corrected chi connectivity index (χ3v) is 3.82. The van der Waals surface area contributed by atoms with Gasteiger partial charge in [-0.15, -0.1) is 0 Å². The van der Waals surface area contributed by atoms with Gasteiger partial charge in [-0.2, -0.15) is 0 Å². The Morgan fingerprint density at radius 1 is 1.12 bits per heavy atom. The van der Waals surface area contributed by atoms with E-state index in [1.54, 1.807) is 31.5 Å². The molecule has 3 rings (SSSR count). The van der Waals surface area contributed by atoms with Crippen molar-refractivity contribution in [1.29, 1.82) is 5.41 Å². The molecule has 0 aliphatic rings. The van der Waals surface area contributed by atoms with Gasteiger partial charge in [0.25, 0.3) is 0 Å². The number of imidazole rings is 1. The van der Waals surface area contributed by atoms with Gasteiger partial charge in [0.2, 0.25) is 0 Å². The monoisotopic (exact) mass is 336 g/mol. The number of nitrogens with zero attached hydrogens (tertiary/aromatic N) is 1. The Balaban J connectivity index is 1.64. The summed E-state index contributed by atoms with van der Waals surface area (Å²) >= 11 is 0. The lowest BCUT2D eigenvalue weighted by Crippen LogP contribution is -2.11. The molecule has 0 unspecified atom stereocenters. The molecular formula is C19H20N4O2. The zero-order valence-electron chi connectivity index (χ0n) is 14.0. The number of amidine groups is 1. The van der Waals surface area contributed by atoms with Crippen LogP contribution in [-0.4, -0.2) is 22.9 Å². The molecule has 0 saturated carbocycles. The maximum atomic E-state index is 7.48. The van der Waals surface area contributed by atoms with E-state index in [1.165, 1.54) is 5.56 Å². The van der Waals surface area contributed by atoms with E-state index in [-0.39, 0.29) is 5.84 Å². The lowest BCUT2D eigenvalue weighted by molar-refractivity contribution is 0.284. The highest BCUT2D eigenvalue weighted by Gasteiger charge is 2.08. The number of ether oxygens (including phenoxy) is 2. The highest BCUT2D eigenvalue weighted by Crippen LogP contribution is 2.28. The lowest BCUT2D eigenvalue weighted by Gasteiger charge is -2.12. The van der Waals surface area contributed by atoms with E-state index in [2.05, 4.69) is 22.1 Å². The second-order valence-electron chi connectivity index (χ2n) is 5.60. The minimum atomic E-state index is -0.00278. The van der Waals surface area contributed by atoms with Crippen LogP contribution in [0, 0.1) is 5.41 Å². The molecule has 0 saturated heterocycles. The van der Waals surface area contributed by atoms with Crippen LogP contribution in [0.25, 0.3) is 0 Å². The van der Waals surface area contributed by atoms with E-state index in [1.807, 2.05) is 18.3 Å². The Morgan fingerprint density at radius 2 is 1.88 bits per heavy atom. The smallest absolute Gasteiger partial charge is 0.161 e. The van der Waals surface area contributed by atoms with Crippen molar-refractivity contribution in [2.24, 2.45) is 5.73 Å². The van der Waals surface area contributed by atoms with Gasteiger partial charge < -0.3 is 20.2 Å². The van der Waals surface area contributed by atoms with Crippen LogP contribution in [-0.2, 0) is 13.0 Å². The van der Waals surface area contributed by atoms with E-state index in [9.17, 15) is 0 Å². The summed E-state index contributed by atoms with van der Waals surface area (Å²) in [6, 6.07) is 13.4. The number of hydrogen-bond donors (Lipinski definition) is 3. The molecule has 6 heteroatoms. The van der Waals surface area contributed by atoms with Crippen molar-refractivity contribution >= 4 is 5.84 Å². The average molecular weight is 336 g/mol. The molecule has 0 radical (unpaired) electrons. The number of nitrogens with two attached hydrogens (primary N) is 1. The van der Waals surface area contributed by atoms with E-state index in [0.717, 1.165) is 17.8 Å². The number of methoxy groups -OCH3 is 1. The predicted molar refractivity (Wildman–Crippen MR) is 96.2 cm³/mol. The van der Waals surface area contributed by atoms with E-state index >= 15 is 0 Å². The fourth-order valence-electron chi connectivity index (χ4n) is 2.46. The second-order valence-corrected chi connectivity index (χ2v) is 5.60. The van der Waals surface area contributed by atoms with Crippen molar-refractivity contribution < 1.29 is 9.47 Å². The van der Waals surface area contributed by atoms with Crippen molar-refractivity contribution in [3.05, 3.63) is 77.4 Å². The Morgan fingerprint density at radius 3 is 2.52 bits per heavy atom. The SMILES string of the molecule is COc1cc(C(=N)N)ccc1OCc1ccc(Cc2ncc[nH]2)cc1. The van der Waals surface area contributed by atoms with Crippen LogP contribution < -0.4 is 15.2 Å². The Kier molecular flexibility index (Phi) is 4.99. The molecule has 0 atom stereocenters. The summed E-state index contributed by atoms with van der Waals surface area (Å²) < 4.78 is 11.2. The molecule has 0 spiro atoms. The molecule has 1 heterocycles. The minimum Gasteiger partial charge on any atom is -0.493 e. The van der Waals surface area contributed by atoms with Crippen molar-refractivity contribution in [1.82, 2.24) is 9.97 Å². The first-order chi connectivity index (χ1) is 12.2. The van der Waals surface area contributed by atoms with Gasteiger partial charge >= 0.3 is 0 Å². The number of rotatable bonds is 7. The number of nitrogen functional groups attached to an aromatic ring is 1. The average Bonchev–Trinajstić information content (AvgIpc) is 3.14. The zero-order valence-corrected chi connectivity index (χ0v) is 14.0.